The smallest absolute Gasteiger partial charge is 0.335 e. The highest BCUT2D eigenvalue weighted by Gasteiger charge is 2.20. The molecule has 0 aliphatic carbocycles. The van der Waals surface area contributed by atoms with Gasteiger partial charge in [-0.15, -0.1) is 0 Å². The maximum Gasteiger partial charge on any atom is 0.335 e. The number of nitrogens with zero attached hydrogens (tertiary/aromatic N) is 1. The molecular formula is C14H21N3O2. The van der Waals surface area contributed by atoms with Crippen LogP contribution in [0.5, 0.6) is 0 Å². The van der Waals surface area contributed by atoms with Gasteiger partial charge in [-0.05, 0) is 38.5 Å². The zero-order valence-corrected chi connectivity index (χ0v) is 11.4. The molecule has 0 saturated carbocycles. The Morgan fingerprint density at radius 2 is 2.26 bits per heavy atom. The van der Waals surface area contributed by atoms with Gasteiger partial charge in [0, 0.05) is 25.2 Å². The largest absolute Gasteiger partial charge is 0.478 e. The number of nitrogens with two attached hydrogens (primary N) is 1. The van der Waals surface area contributed by atoms with Crippen molar-refractivity contribution in [1.29, 1.82) is 0 Å². The van der Waals surface area contributed by atoms with E-state index in [1.165, 1.54) is 0 Å². The molecular weight excluding hydrogens is 242 g/mol. The summed E-state index contributed by atoms with van der Waals surface area (Å²) in [6.45, 7) is 6.57. The fourth-order valence-electron chi connectivity index (χ4n) is 2.18. The number of hydrogen-bond donors (Lipinski definition) is 3. The van der Waals surface area contributed by atoms with Gasteiger partial charge >= 0.3 is 5.97 Å². The molecule has 1 aromatic carbocycles. The summed E-state index contributed by atoms with van der Waals surface area (Å²) in [6, 6.07) is 5.19. The maximum absolute atomic E-state index is 11.1. The highest BCUT2D eigenvalue weighted by atomic mass is 16.4. The number of fused-ring (bicyclic) bond motifs is 1. The summed E-state index contributed by atoms with van der Waals surface area (Å²) in [5.74, 6) is -0.896. The molecule has 0 radical (unpaired) electrons. The summed E-state index contributed by atoms with van der Waals surface area (Å²) in [5, 5.41) is 12.4. The van der Waals surface area contributed by atoms with Crippen LogP contribution in [0.1, 0.15) is 30.6 Å². The minimum atomic E-state index is -0.896. The quantitative estimate of drug-likeness (QED) is 0.771. The van der Waals surface area contributed by atoms with Crippen LogP contribution in [0, 0.1) is 0 Å². The molecule has 5 nitrogen and oxygen atoms in total. The Labute approximate surface area is 113 Å². The monoisotopic (exact) mass is 263 g/mol. The minimum absolute atomic E-state index is 0.213. The predicted molar refractivity (Wildman–Crippen MR) is 77.0 cm³/mol. The summed E-state index contributed by atoms with van der Waals surface area (Å²) in [4.78, 5) is 13.3. The standard InChI is InChI=1S/C14H21N3O2/c1-14(2,15)5-7-17-8-6-16-11-4-3-10(13(18)19)9-12(11)17/h3-4,9,16H,5-8,15H2,1-2H3,(H,18,19). The Kier molecular flexibility index (Phi) is 3.66. The van der Waals surface area contributed by atoms with E-state index < -0.39 is 5.97 Å². The van der Waals surface area contributed by atoms with Crippen molar-refractivity contribution in [1.82, 2.24) is 0 Å². The molecule has 104 valence electrons. The van der Waals surface area contributed by atoms with E-state index in [0.717, 1.165) is 37.4 Å². The first-order valence-corrected chi connectivity index (χ1v) is 6.52. The third kappa shape index (κ3) is 3.38. The van der Waals surface area contributed by atoms with Gasteiger partial charge in [0.15, 0.2) is 0 Å². The lowest BCUT2D eigenvalue weighted by Gasteiger charge is -2.34. The van der Waals surface area contributed by atoms with E-state index in [1.807, 2.05) is 19.9 Å². The van der Waals surface area contributed by atoms with Crippen LogP contribution in [0.2, 0.25) is 0 Å². The van der Waals surface area contributed by atoms with Gasteiger partial charge in [0.05, 0.1) is 16.9 Å². The highest BCUT2D eigenvalue weighted by molar-refractivity contribution is 5.91. The number of benzene rings is 1. The number of nitrogens with one attached hydrogen (secondary N) is 1. The molecule has 0 fully saturated rings. The Hall–Kier alpha value is -1.75. The third-order valence-corrected chi connectivity index (χ3v) is 3.31. The predicted octanol–water partition coefficient (Wildman–Crippen LogP) is 1.74. The molecule has 0 unspecified atom stereocenters. The molecule has 1 heterocycles. The van der Waals surface area contributed by atoms with Crippen molar-refractivity contribution < 1.29 is 9.90 Å². The van der Waals surface area contributed by atoms with Crippen molar-refractivity contribution in [3.8, 4) is 0 Å². The van der Waals surface area contributed by atoms with Crippen LogP contribution in [0.4, 0.5) is 11.4 Å². The Morgan fingerprint density at radius 1 is 1.53 bits per heavy atom. The van der Waals surface area contributed by atoms with Crippen molar-refractivity contribution in [3.05, 3.63) is 23.8 Å². The van der Waals surface area contributed by atoms with E-state index in [9.17, 15) is 4.79 Å². The van der Waals surface area contributed by atoms with Gasteiger partial charge in [0.25, 0.3) is 0 Å². The molecule has 0 saturated heterocycles. The molecule has 0 bridgehead atoms. The number of hydrogen-bond acceptors (Lipinski definition) is 4. The summed E-state index contributed by atoms with van der Waals surface area (Å²) in [6.07, 6.45) is 0.865. The molecule has 0 aromatic heterocycles. The number of carbonyl (C=O) groups is 1. The molecule has 4 N–H and O–H groups in total. The van der Waals surface area contributed by atoms with E-state index in [4.69, 9.17) is 10.8 Å². The number of carboxylic acid groups (broad SMARTS) is 1. The van der Waals surface area contributed by atoms with Crippen molar-refractivity contribution in [2.45, 2.75) is 25.8 Å². The fourth-order valence-corrected chi connectivity index (χ4v) is 2.18. The van der Waals surface area contributed by atoms with Crippen LogP contribution < -0.4 is 16.0 Å². The van der Waals surface area contributed by atoms with Crippen molar-refractivity contribution in [3.63, 3.8) is 0 Å². The van der Waals surface area contributed by atoms with Crippen LogP contribution in [-0.2, 0) is 0 Å². The third-order valence-electron chi connectivity index (χ3n) is 3.31. The lowest BCUT2D eigenvalue weighted by molar-refractivity contribution is 0.0697. The first-order chi connectivity index (χ1) is 8.87. The van der Waals surface area contributed by atoms with Crippen molar-refractivity contribution >= 4 is 17.3 Å². The number of carboxylic acids is 1. The maximum atomic E-state index is 11.1. The van der Waals surface area contributed by atoms with Crippen molar-refractivity contribution in [2.24, 2.45) is 5.73 Å². The summed E-state index contributed by atoms with van der Waals surface area (Å²) >= 11 is 0. The van der Waals surface area contributed by atoms with E-state index in [2.05, 4.69) is 10.2 Å². The van der Waals surface area contributed by atoms with E-state index in [1.54, 1.807) is 12.1 Å². The van der Waals surface area contributed by atoms with Gasteiger partial charge in [0.2, 0.25) is 0 Å². The van der Waals surface area contributed by atoms with E-state index >= 15 is 0 Å². The Bertz CT molecular complexity index is 480. The average molecular weight is 263 g/mol. The molecule has 0 spiro atoms. The molecule has 0 atom stereocenters. The highest BCUT2D eigenvalue weighted by Crippen LogP contribution is 2.30. The van der Waals surface area contributed by atoms with Crippen molar-refractivity contribution in [2.75, 3.05) is 29.9 Å². The SMILES string of the molecule is CC(C)(N)CCN1CCNc2ccc(C(=O)O)cc21. The average Bonchev–Trinajstić information content (AvgIpc) is 2.34. The zero-order valence-electron chi connectivity index (χ0n) is 11.4. The normalized spacial score (nSPS) is 14.8. The van der Waals surface area contributed by atoms with Crippen LogP contribution >= 0.6 is 0 Å². The summed E-state index contributed by atoms with van der Waals surface area (Å²) in [5.41, 5.74) is 8.07. The Balaban J connectivity index is 2.21. The fraction of sp³-hybridized carbons (Fsp3) is 0.500. The van der Waals surface area contributed by atoms with Crippen LogP contribution in [0.15, 0.2) is 18.2 Å². The molecule has 1 aromatic rings. The Morgan fingerprint density at radius 3 is 2.89 bits per heavy atom. The lowest BCUT2D eigenvalue weighted by Crippen LogP contribution is -2.40. The van der Waals surface area contributed by atoms with E-state index in [0.29, 0.717) is 5.56 Å². The van der Waals surface area contributed by atoms with Gasteiger partial charge in [-0.25, -0.2) is 4.79 Å². The number of aromatic carboxylic acids is 1. The van der Waals surface area contributed by atoms with Gasteiger partial charge in [-0.2, -0.15) is 0 Å². The second-order valence-corrected chi connectivity index (χ2v) is 5.69. The molecule has 0 amide bonds. The molecule has 19 heavy (non-hydrogen) atoms. The molecule has 2 rings (SSSR count). The number of rotatable bonds is 4. The minimum Gasteiger partial charge on any atom is -0.478 e. The van der Waals surface area contributed by atoms with Gasteiger partial charge in [0.1, 0.15) is 0 Å². The van der Waals surface area contributed by atoms with E-state index in [-0.39, 0.29) is 5.54 Å². The molecule has 1 aliphatic heterocycles. The number of anilines is 2. The lowest BCUT2D eigenvalue weighted by atomic mass is 10.0. The second kappa shape index (κ2) is 5.09. The van der Waals surface area contributed by atoms with Crippen LogP contribution in [-0.4, -0.2) is 36.2 Å². The summed E-state index contributed by atoms with van der Waals surface area (Å²) < 4.78 is 0. The van der Waals surface area contributed by atoms with Crippen LogP contribution in [0.25, 0.3) is 0 Å². The first-order valence-electron chi connectivity index (χ1n) is 6.52. The molecule has 1 aliphatic rings. The van der Waals surface area contributed by atoms with Gasteiger partial charge in [-0.3, -0.25) is 0 Å². The second-order valence-electron chi connectivity index (χ2n) is 5.69. The van der Waals surface area contributed by atoms with Gasteiger partial charge in [-0.1, -0.05) is 0 Å². The van der Waals surface area contributed by atoms with Gasteiger partial charge < -0.3 is 21.1 Å². The first kappa shape index (κ1) is 13.7. The topological polar surface area (TPSA) is 78.6 Å². The summed E-state index contributed by atoms with van der Waals surface area (Å²) in [7, 11) is 0. The van der Waals surface area contributed by atoms with Crippen LogP contribution in [0.3, 0.4) is 0 Å². The zero-order chi connectivity index (χ0) is 14.0. The molecule has 5 heteroatoms.